The normalized spacial score (nSPS) is 24.8. The molecule has 3 N–H and O–H groups in total. The maximum Gasteiger partial charge on any atom is 0.315 e. The van der Waals surface area contributed by atoms with Crippen molar-refractivity contribution in [3.05, 3.63) is 0 Å². The van der Waals surface area contributed by atoms with Crippen LogP contribution in [-0.2, 0) is 4.79 Å². The zero-order chi connectivity index (χ0) is 12.0. The maximum atomic E-state index is 11.4. The number of nitrogens with one attached hydrogen (secondary N) is 2. The van der Waals surface area contributed by atoms with Gasteiger partial charge >= 0.3 is 12.0 Å². The van der Waals surface area contributed by atoms with E-state index in [0.29, 0.717) is 0 Å². The summed E-state index contributed by atoms with van der Waals surface area (Å²) >= 11 is 0. The Bertz CT molecular complexity index is 248. The van der Waals surface area contributed by atoms with Gasteiger partial charge in [-0.05, 0) is 31.6 Å². The number of carbonyl (C=O) groups excluding carboxylic acids is 1. The maximum absolute atomic E-state index is 11.4. The number of amides is 2. The van der Waals surface area contributed by atoms with E-state index < -0.39 is 5.97 Å². The highest BCUT2D eigenvalue weighted by Crippen LogP contribution is 2.23. The number of aliphatic carboxylic acids is 1. The molecule has 1 saturated carbocycles. The third-order valence-corrected chi connectivity index (χ3v) is 2.98. The standard InChI is InChI=1S/C11H20N2O3/c1-8-2-4-9(5-3-8)13-11(16)12-7-6-10(14)15/h8-9H,2-7H2,1H3,(H,14,15)(H2,12,13,16)/t8-,9-. The zero-order valence-electron chi connectivity index (χ0n) is 9.66. The first kappa shape index (κ1) is 12.8. The van der Waals surface area contributed by atoms with Crippen molar-refractivity contribution >= 4 is 12.0 Å². The van der Waals surface area contributed by atoms with Crippen LogP contribution in [0.5, 0.6) is 0 Å². The average Bonchev–Trinajstić information content (AvgIpc) is 2.21. The number of carboxylic acid groups (broad SMARTS) is 1. The van der Waals surface area contributed by atoms with Gasteiger partial charge in [0.1, 0.15) is 0 Å². The van der Waals surface area contributed by atoms with Gasteiger partial charge in [0.25, 0.3) is 0 Å². The largest absolute Gasteiger partial charge is 0.481 e. The van der Waals surface area contributed by atoms with E-state index in [1.807, 2.05) is 0 Å². The van der Waals surface area contributed by atoms with Crippen LogP contribution in [0, 0.1) is 5.92 Å². The number of carboxylic acids is 1. The second-order valence-electron chi connectivity index (χ2n) is 4.50. The molecule has 0 aromatic carbocycles. The van der Waals surface area contributed by atoms with E-state index in [9.17, 15) is 9.59 Å². The molecule has 0 bridgehead atoms. The van der Waals surface area contributed by atoms with Crippen LogP contribution >= 0.6 is 0 Å². The smallest absolute Gasteiger partial charge is 0.315 e. The molecule has 1 aliphatic carbocycles. The molecule has 5 nitrogen and oxygen atoms in total. The minimum absolute atomic E-state index is 0.0326. The minimum atomic E-state index is -0.896. The zero-order valence-corrected chi connectivity index (χ0v) is 9.66. The van der Waals surface area contributed by atoms with E-state index in [1.165, 1.54) is 0 Å². The molecule has 1 rings (SSSR count). The van der Waals surface area contributed by atoms with Gasteiger partial charge in [-0.1, -0.05) is 6.92 Å². The fourth-order valence-electron chi connectivity index (χ4n) is 1.92. The second-order valence-corrected chi connectivity index (χ2v) is 4.50. The number of urea groups is 1. The fraction of sp³-hybridized carbons (Fsp3) is 0.818. The molecule has 1 fully saturated rings. The van der Waals surface area contributed by atoms with Gasteiger partial charge < -0.3 is 15.7 Å². The van der Waals surface area contributed by atoms with Crippen LogP contribution in [0.15, 0.2) is 0 Å². The highest BCUT2D eigenvalue weighted by atomic mass is 16.4. The van der Waals surface area contributed by atoms with Gasteiger partial charge in [-0.25, -0.2) is 4.79 Å². The van der Waals surface area contributed by atoms with E-state index in [-0.39, 0.29) is 25.0 Å². The summed E-state index contributed by atoms with van der Waals surface area (Å²) in [4.78, 5) is 21.6. The first-order valence-electron chi connectivity index (χ1n) is 5.84. The minimum Gasteiger partial charge on any atom is -0.481 e. The van der Waals surface area contributed by atoms with Gasteiger partial charge in [-0.2, -0.15) is 0 Å². The van der Waals surface area contributed by atoms with Gasteiger partial charge in [0, 0.05) is 12.6 Å². The lowest BCUT2D eigenvalue weighted by molar-refractivity contribution is -0.136. The number of rotatable bonds is 4. The SMILES string of the molecule is C[C@H]1CC[C@H](NC(=O)NCCC(=O)O)CC1. The molecule has 0 spiro atoms. The Kier molecular flexibility index (Phi) is 5.08. The average molecular weight is 228 g/mol. The van der Waals surface area contributed by atoms with Crippen LogP contribution in [0.3, 0.4) is 0 Å². The monoisotopic (exact) mass is 228 g/mol. The van der Waals surface area contributed by atoms with Crippen molar-refractivity contribution in [3.8, 4) is 0 Å². The summed E-state index contributed by atoms with van der Waals surface area (Å²) in [5.41, 5.74) is 0. The Balaban J connectivity index is 2.11. The molecule has 92 valence electrons. The molecule has 0 saturated heterocycles. The molecule has 0 aliphatic heterocycles. The van der Waals surface area contributed by atoms with Gasteiger partial charge in [-0.3, -0.25) is 4.79 Å². The van der Waals surface area contributed by atoms with Crippen LogP contribution < -0.4 is 10.6 Å². The van der Waals surface area contributed by atoms with Crippen molar-refractivity contribution in [3.63, 3.8) is 0 Å². The second kappa shape index (κ2) is 6.35. The van der Waals surface area contributed by atoms with Crippen LogP contribution in [0.1, 0.15) is 39.0 Å². The molecule has 0 radical (unpaired) electrons. The van der Waals surface area contributed by atoms with Crippen molar-refractivity contribution in [1.82, 2.24) is 10.6 Å². The lowest BCUT2D eigenvalue weighted by Gasteiger charge is -2.26. The summed E-state index contributed by atoms with van der Waals surface area (Å²) in [5, 5.41) is 13.8. The molecule has 0 unspecified atom stereocenters. The van der Waals surface area contributed by atoms with Crippen molar-refractivity contribution in [2.24, 2.45) is 5.92 Å². The quantitative estimate of drug-likeness (QED) is 0.679. The van der Waals surface area contributed by atoms with Crippen LogP contribution in [0.4, 0.5) is 4.79 Å². The van der Waals surface area contributed by atoms with Crippen LogP contribution in [0.2, 0.25) is 0 Å². The summed E-state index contributed by atoms with van der Waals surface area (Å²) in [6, 6.07) is 0.00170. The van der Waals surface area contributed by atoms with Gasteiger partial charge in [0.2, 0.25) is 0 Å². The lowest BCUT2D eigenvalue weighted by Crippen LogP contribution is -2.44. The van der Waals surface area contributed by atoms with E-state index in [2.05, 4.69) is 17.6 Å². The van der Waals surface area contributed by atoms with Gasteiger partial charge in [-0.15, -0.1) is 0 Å². The summed E-state index contributed by atoms with van der Waals surface area (Å²) in [5.74, 6) is -0.139. The van der Waals surface area contributed by atoms with Gasteiger partial charge in [0.05, 0.1) is 6.42 Å². The van der Waals surface area contributed by atoms with Crippen molar-refractivity contribution < 1.29 is 14.7 Å². The molecular formula is C11H20N2O3. The van der Waals surface area contributed by atoms with E-state index in [4.69, 9.17) is 5.11 Å². The Morgan fingerprint density at radius 3 is 2.44 bits per heavy atom. The molecule has 0 atom stereocenters. The molecule has 0 heterocycles. The number of carbonyl (C=O) groups is 2. The first-order chi connectivity index (χ1) is 7.58. The van der Waals surface area contributed by atoms with E-state index in [0.717, 1.165) is 31.6 Å². The Morgan fingerprint density at radius 1 is 1.25 bits per heavy atom. The Morgan fingerprint density at radius 2 is 1.88 bits per heavy atom. The molecule has 1 aliphatic rings. The first-order valence-corrected chi connectivity index (χ1v) is 5.84. The third-order valence-electron chi connectivity index (χ3n) is 2.98. The van der Waals surface area contributed by atoms with E-state index >= 15 is 0 Å². The predicted molar refractivity (Wildman–Crippen MR) is 60.2 cm³/mol. The molecule has 0 aromatic heterocycles. The summed E-state index contributed by atoms with van der Waals surface area (Å²) in [6.45, 7) is 2.41. The highest BCUT2D eigenvalue weighted by molar-refractivity contribution is 5.75. The highest BCUT2D eigenvalue weighted by Gasteiger charge is 2.19. The molecular weight excluding hydrogens is 208 g/mol. The van der Waals surface area contributed by atoms with Crippen LogP contribution in [-0.4, -0.2) is 29.7 Å². The summed E-state index contributed by atoms with van der Waals surface area (Å²) < 4.78 is 0. The molecule has 0 aromatic rings. The van der Waals surface area contributed by atoms with Crippen molar-refractivity contribution in [2.75, 3.05) is 6.54 Å². The Hall–Kier alpha value is -1.26. The third kappa shape index (κ3) is 5.00. The Labute approximate surface area is 95.6 Å². The summed E-state index contributed by atoms with van der Waals surface area (Å²) in [6.07, 6.45) is 4.32. The van der Waals surface area contributed by atoms with Gasteiger partial charge in [0.15, 0.2) is 0 Å². The lowest BCUT2D eigenvalue weighted by atomic mass is 9.87. The topological polar surface area (TPSA) is 78.4 Å². The molecule has 16 heavy (non-hydrogen) atoms. The predicted octanol–water partition coefficient (Wildman–Crippen LogP) is 1.34. The molecule has 5 heteroatoms. The number of hydrogen-bond donors (Lipinski definition) is 3. The summed E-state index contributed by atoms with van der Waals surface area (Å²) in [7, 11) is 0. The molecule has 2 amide bonds. The van der Waals surface area contributed by atoms with Crippen molar-refractivity contribution in [2.45, 2.75) is 45.1 Å². The fourth-order valence-corrected chi connectivity index (χ4v) is 1.92. The van der Waals surface area contributed by atoms with E-state index in [1.54, 1.807) is 0 Å². The van der Waals surface area contributed by atoms with Crippen LogP contribution in [0.25, 0.3) is 0 Å². The number of hydrogen-bond acceptors (Lipinski definition) is 2. The van der Waals surface area contributed by atoms with Crippen molar-refractivity contribution in [1.29, 1.82) is 0 Å².